The Hall–Kier alpha value is -1.43. The van der Waals surface area contributed by atoms with Crippen LogP contribution in [0.4, 0.5) is 4.39 Å². The molecule has 1 atom stereocenters. The Morgan fingerprint density at radius 2 is 2.33 bits per heavy atom. The van der Waals surface area contributed by atoms with Gasteiger partial charge in [0.05, 0.1) is 10.7 Å². The molecule has 2 aromatic heterocycles. The lowest BCUT2D eigenvalue weighted by atomic mass is 10.0. The van der Waals surface area contributed by atoms with Gasteiger partial charge >= 0.3 is 0 Å². The molecule has 0 saturated carbocycles. The van der Waals surface area contributed by atoms with Gasteiger partial charge in [-0.15, -0.1) is 11.3 Å². The summed E-state index contributed by atoms with van der Waals surface area (Å²) < 4.78 is 15.3. The number of benzene rings is 1. The standard InChI is InChI=1S/C15H15ClFN3S/c1-2-18-14(10-3-4-13(17)12(16)7-10)8-11-9-20-5-6-21-15(20)19-11/h3-7,9,14,18H,2,8H2,1H3. The minimum Gasteiger partial charge on any atom is -0.310 e. The van der Waals surface area contributed by atoms with Crippen LogP contribution in [0.1, 0.15) is 24.2 Å². The molecule has 21 heavy (non-hydrogen) atoms. The molecule has 2 heterocycles. The van der Waals surface area contributed by atoms with E-state index in [2.05, 4.69) is 10.3 Å². The Balaban J connectivity index is 1.86. The van der Waals surface area contributed by atoms with Gasteiger partial charge in [0, 0.05) is 30.2 Å². The van der Waals surface area contributed by atoms with E-state index in [1.807, 2.05) is 29.1 Å². The van der Waals surface area contributed by atoms with Crippen LogP contribution in [0.15, 0.2) is 36.0 Å². The maximum Gasteiger partial charge on any atom is 0.193 e. The van der Waals surface area contributed by atoms with Crippen LogP contribution in [-0.4, -0.2) is 15.9 Å². The van der Waals surface area contributed by atoms with Crippen LogP contribution < -0.4 is 5.32 Å². The molecular formula is C15H15ClFN3S. The first-order chi connectivity index (χ1) is 10.2. The zero-order valence-corrected chi connectivity index (χ0v) is 13.1. The van der Waals surface area contributed by atoms with Crippen molar-refractivity contribution in [1.82, 2.24) is 14.7 Å². The number of thiazole rings is 1. The predicted molar refractivity (Wildman–Crippen MR) is 84.6 cm³/mol. The molecule has 1 N–H and O–H groups in total. The highest BCUT2D eigenvalue weighted by Gasteiger charge is 2.15. The van der Waals surface area contributed by atoms with Gasteiger partial charge in [-0.1, -0.05) is 24.6 Å². The molecule has 0 radical (unpaired) electrons. The van der Waals surface area contributed by atoms with Crippen LogP contribution in [0.3, 0.4) is 0 Å². The molecule has 3 rings (SSSR count). The second-order valence-corrected chi connectivity index (χ2v) is 6.09. The normalized spacial score (nSPS) is 12.9. The highest BCUT2D eigenvalue weighted by atomic mass is 35.5. The summed E-state index contributed by atoms with van der Waals surface area (Å²) in [5, 5.41) is 5.57. The van der Waals surface area contributed by atoms with Crippen molar-refractivity contribution in [1.29, 1.82) is 0 Å². The van der Waals surface area contributed by atoms with E-state index < -0.39 is 5.82 Å². The van der Waals surface area contributed by atoms with Crippen LogP contribution in [0, 0.1) is 5.82 Å². The molecule has 1 aromatic carbocycles. The number of hydrogen-bond acceptors (Lipinski definition) is 3. The van der Waals surface area contributed by atoms with Crippen molar-refractivity contribution in [2.75, 3.05) is 6.54 Å². The van der Waals surface area contributed by atoms with Gasteiger partial charge in [-0.25, -0.2) is 9.37 Å². The van der Waals surface area contributed by atoms with E-state index >= 15 is 0 Å². The Labute approximate surface area is 131 Å². The molecule has 0 amide bonds. The summed E-state index contributed by atoms with van der Waals surface area (Å²) in [4.78, 5) is 5.58. The molecule has 110 valence electrons. The average molecular weight is 324 g/mol. The van der Waals surface area contributed by atoms with Gasteiger partial charge in [0.15, 0.2) is 4.96 Å². The Morgan fingerprint density at radius 3 is 3.05 bits per heavy atom. The van der Waals surface area contributed by atoms with E-state index in [4.69, 9.17) is 11.6 Å². The molecule has 6 heteroatoms. The summed E-state index contributed by atoms with van der Waals surface area (Å²) in [6.07, 6.45) is 4.76. The molecule has 0 spiro atoms. The van der Waals surface area contributed by atoms with Gasteiger partial charge in [-0.3, -0.25) is 4.40 Å². The fourth-order valence-corrected chi connectivity index (χ4v) is 3.27. The largest absolute Gasteiger partial charge is 0.310 e. The highest BCUT2D eigenvalue weighted by molar-refractivity contribution is 7.15. The van der Waals surface area contributed by atoms with Gasteiger partial charge < -0.3 is 5.32 Å². The summed E-state index contributed by atoms with van der Waals surface area (Å²) in [5.74, 6) is -0.391. The van der Waals surface area contributed by atoms with E-state index in [9.17, 15) is 4.39 Å². The zero-order valence-electron chi connectivity index (χ0n) is 11.5. The molecule has 0 aliphatic rings. The number of hydrogen-bond donors (Lipinski definition) is 1. The number of fused-ring (bicyclic) bond motifs is 1. The summed E-state index contributed by atoms with van der Waals surface area (Å²) in [7, 11) is 0. The number of rotatable bonds is 5. The van der Waals surface area contributed by atoms with E-state index in [0.29, 0.717) is 0 Å². The van der Waals surface area contributed by atoms with Gasteiger partial charge in [-0.2, -0.15) is 0 Å². The smallest absolute Gasteiger partial charge is 0.193 e. The first-order valence-corrected chi connectivity index (χ1v) is 8.02. The first-order valence-electron chi connectivity index (χ1n) is 6.76. The van der Waals surface area contributed by atoms with Gasteiger partial charge in [0.1, 0.15) is 5.82 Å². The van der Waals surface area contributed by atoms with Crippen molar-refractivity contribution in [2.24, 2.45) is 0 Å². The van der Waals surface area contributed by atoms with E-state index in [-0.39, 0.29) is 11.1 Å². The zero-order chi connectivity index (χ0) is 14.8. The molecule has 0 bridgehead atoms. The van der Waals surface area contributed by atoms with Gasteiger partial charge in [0.25, 0.3) is 0 Å². The Bertz CT molecular complexity index is 724. The van der Waals surface area contributed by atoms with Crippen molar-refractivity contribution in [3.05, 3.63) is 58.1 Å². The molecule has 1 unspecified atom stereocenters. The molecular weight excluding hydrogens is 309 g/mol. The minimum absolute atomic E-state index is 0.0673. The van der Waals surface area contributed by atoms with Crippen molar-refractivity contribution >= 4 is 27.9 Å². The van der Waals surface area contributed by atoms with Crippen LogP contribution in [0.5, 0.6) is 0 Å². The number of aromatic nitrogens is 2. The molecule has 3 nitrogen and oxygen atoms in total. The number of likely N-dealkylation sites (N-methyl/N-ethyl adjacent to an activating group) is 1. The lowest BCUT2D eigenvalue weighted by molar-refractivity contribution is 0.543. The monoisotopic (exact) mass is 323 g/mol. The topological polar surface area (TPSA) is 29.3 Å². The summed E-state index contributed by atoms with van der Waals surface area (Å²) in [6, 6.07) is 4.93. The van der Waals surface area contributed by atoms with Crippen molar-refractivity contribution < 1.29 is 4.39 Å². The third kappa shape index (κ3) is 3.10. The highest BCUT2D eigenvalue weighted by Crippen LogP contribution is 2.24. The molecule has 0 fully saturated rings. The molecule has 0 aliphatic heterocycles. The lowest BCUT2D eigenvalue weighted by Gasteiger charge is -2.17. The number of nitrogens with one attached hydrogen (secondary N) is 1. The first kappa shape index (κ1) is 14.5. The minimum atomic E-state index is -0.391. The summed E-state index contributed by atoms with van der Waals surface area (Å²) in [5.41, 5.74) is 1.98. The predicted octanol–water partition coefficient (Wildman–Crippen LogP) is 4.08. The number of imidazole rings is 1. The van der Waals surface area contributed by atoms with Crippen LogP contribution >= 0.6 is 22.9 Å². The Morgan fingerprint density at radius 1 is 1.48 bits per heavy atom. The fraction of sp³-hybridized carbons (Fsp3) is 0.267. The number of nitrogens with zero attached hydrogens (tertiary/aromatic N) is 2. The van der Waals surface area contributed by atoms with Gasteiger partial charge in [-0.05, 0) is 24.2 Å². The maximum atomic E-state index is 13.3. The van der Waals surface area contributed by atoms with Crippen molar-refractivity contribution in [3.8, 4) is 0 Å². The fourth-order valence-electron chi connectivity index (χ4n) is 2.37. The second kappa shape index (κ2) is 6.13. The summed E-state index contributed by atoms with van der Waals surface area (Å²) >= 11 is 7.50. The van der Waals surface area contributed by atoms with E-state index in [0.717, 1.165) is 29.2 Å². The molecule has 0 aliphatic carbocycles. The summed E-state index contributed by atoms with van der Waals surface area (Å²) in [6.45, 7) is 2.87. The molecule has 0 saturated heterocycles. The lowest BCUT2D eigenvalue weighted by Crippen LogP contribution is -2.23. The van der Waals surface area contributed by atoms with Gasteiger partial charge in [0.2, 0.25) is 0 Å². The van der Waals surface area contributed by atoms with Crippen LogP contribution in [-0.2, 0) is 6.42 Å². The number of halogens is 2. The van der Waals surface area contributed by atoms with E-state index in [1.54, 1.807) is 23.5 Å². The van der Waals surface area contributed by atoms with Crippen molar-refractivity contribution in [2.45, 2.75) is 19.4 Å². The van der Waals surface area contributed by atoms with Crippen molar-refractivity contribution in [3.63, 3.8) is 0 Å². The molecule has 3 aromatic rings. The van der Waals surface area contributed by atoms with E-state index in [1.165, 1.54) is 6.07 Å². The third-order valence-electron chi connectivity index (χ3n) is 3.35. The average Bonchev–Trinajstić information content (AvgIpc) is 3.02. The maximum absolute atomic E-state index is 13.3. The Kier molecular flexibility index (Phi) is 4.24. The second-order valence-electron chi connectivity index (χ2n) is 4.81. The quantitative estimate of drug-likeness (QED) is 0.766. The SMILES string of the molecule is CCNC(Cc1cn2ccsc2n1)c1ccc(F)c(Cl)c1. The van der Waals surface area contributed by atoms with Crippen LogP contribution in [0.25, 0.3) is 4.96 Å². The third-order valence-corrected chi connectivity index (χ3v) is 4.41. The van der Waals surface area contributed by atoms with Crippen LogP contribution in [0.2, 0.25) is 5.02 Å².